The van der Waals surface area contributed by atoms with Gasteiger partial charge < -0.3 is 15.3 Å². The summed E-state index contributed by atoms with van der Waals surface area (Å²) in [5.41, 5.74) is -0.0212. The van der Waals surface area contributed by atoms with E-state index in [2.05, 4.69) is 10.2 Å². The van der Waals surface area contributed by atoms with E-state index in [1.54, 1.807) is 42.5 Å². The van der Waals surface area contributed by atoms with Crippen molar-refractivity contribution >= 4 is 22.4 Å². The maximum Gasteiger partial charge on any atom is 0.493 e. The molecule has 28 heavy (non-hydrogen) atoms. The highest BCUT2D eigenvalue weighted by Crippen LogP contribution is 2.24. The maximum atomic E-state index is 12.9. The predicted octanol–water partition coefficient (Wildman–Crippen LogP) is 2.59. The smallest absolute Gasteiger partial charge is 0.395 e. The Balaban J connectivity index is 2.21. The summed E-state index contributed by atoms with van der Waals surface area (Å²) in [7, 11) is 0. The fourth-order valence-corrected chi connectivity index (χ4v) is 2.64. The number of alkyl halides is 3. The summed E-state index contributed by atoms with van der Waals surface area (Å²) in [6.45, 7) is 0.0866. The SMILES string of the molecule is O=C(On1c(-c2ccccc2)cc2ccc(NCCO)cc2c1=O)C(F)(F)F. The normalized spacial score (nSPS) is 11.4. The van der Waals surface area contributed by atoms with Gasteiger partial charge in [-0.2, -0.15) is 13.2 Å². The number of aliphatic hydroxyl groups excluding tert-OH is 1. The average molecular weight is 392 g/mol. The van der Waals surface area contributed by atoms with Crippen LogP contribution in [0, 0.1) is 0 Å². The molecule has 0 radical (unpaired) electrons. The third kappa shape index (κ3) is 3.99. The van der Waals surface area contributed by atoms with Gasteiger partial charge in [-0.15, -0.1) is 4.73 Å². The second-order valence-corrected chi connectivity index (χ2v) is 5.82. The lowest BCUT2D eigenvalue weighted by molar-refractivity contribution is -0.200. The number of benzene rings is 2. The molecule has 0 aliphatic heterocycles. The van der Waals surface area contributed by atoms with Crippen LogP contribution in [0.4, 0.5) is 18.9 Å². The minimum Gasteiger partial charge on any atom is -0.395 e. The number of nitrogens with zero attached hydrogens (tertiary/aromatic N) is 1. The molecule has 0 aliphatic carbocycles. The van der Waals surface area contributed by atoms with Gasteiger partial charge in [0.15, 0.2) is 0 Å². The van der Waals surface area contributed by atoms with E-state index in [1.807, 2.05) is 0 Å². The third-order valence-corrected chi connectivity index (χ3v) is 3.90. The van der Waals surface area contributed by atoms with Gasteiger partial charge in [0.25, 0.3) is 5.56 Å². The second kappa shape index (κ2) is 7.73. The molecule has 3 aromatic rings. The number of fused-ring (bicyclic) bond motifs is 1. The molecule has 0 amide bonds. The van der Waals surface area contributed by atoms with Crippen molar-refractivity contribution < 1.29 is 27.9 Å². The van der Waals surface area contributed by atoms with Crippen LogP contribution < -0.4 is 15.7 Å². The van der Waals surface area contributed by atoms with Gasteiger partial charge in [0, 0.05) is 17.8 Å². The number of carbonyl (C=O) groups is 1. The Morgan fingerprint density at radius 1 is 1.11 bits per heavy atom. The number of aliphatic hydroxyl groups is 1. The van der Waals surface area contributed by atoms with Crippen molar-refractivity contribution in [2.24, 2.45) is 0 Å². The minimum atomic E-state index is -5.26. The molecule has 0 bridgehead atoms. The molecule has 0 saturated heterocycles. The van der Waals surface area contributed by atoms with Gasteiger partial charge >= 0.3 is 12.1 Å². The van der Waals surface area contributed by atoms with Gasteiger partial charge in [0.05, 0.1) is 17.7 Å². The van der Waals surface area contributed by atoms with Crippen molar-refractivity contribution in [3.8, 4) is 11.3 Å². The van der Waals surface area contributed by atoms with Crippen molar-refractivity contribution in [1.29, 1.82) is 0 Å². The molecule has 2 N–H and O–H groups in total. The summed E-state index contributed by atoms with van der Waals surface area (Å²) in [6.07, 6.45) is -5.26. The molecule has 1 aromatic heterocycles. The summed E-state index contributed by atoms with van der Waals surface area (Å²) in [6, 6.07) is 14.3. The summed E-state index contributed by atoms with van der Waals surface area (Å²) in [5.74, 6) is -2.50. The van der Waals surface area contributed by atoms with Gasteiger partial charge in [-0.25, -0.2) is 4.79 Å². The lowest BCUT2D eigenvalue weighted by atomic mass is 10.1. The number of rotatable bonds is 5. The Bertz CT molecular complexity index is 1060. The molecule has 146 valence electrons. The summed E-state index contributed by atoms with van der Waals surface area (Å²) < 4.78 is 38.4. The van der Waals surface area contributed by atoms with Crippen LogP contribution in [0.15, 0.2) is 59.4 Å². The molecular formula is C19H15F3N2O4. The monoisotopic (exact) mass is 392 g/mol. The molecule has 0 unspecified atom stereocenters. The molecule has 0 saturated carbocycles. The Hall–Kier alpha value is -3.33. The molecule has 0 aliphatic rings. The van der Waals surface area contributed by atoms with Crippen LogP contribution in [-0.2, 0) is 4.79 Å². The van der Waals surface area contributed by atoms with Crippen molar-refractivity contribution in [2.45, 2.75) is 6.18 Å². The van der Waals surface area contributed by atoms with Gasteiger partial charge in [-0.3, -0.25) is 4.79 Å². The Morgan fingerprint density at radius 2 is 1.82 bits per heavy atom. The van der Waals surface area contributed by atoms with Crippen LogP contribution in [0.2, 0.25) is 0 Å². The number of carbonyl (C=O) groups excluding carboxylic acids is 1. The molecular weight excluding hydrogens is 377 g/mol. The van der Waals surface area contributed by atoms with Crippen molar-refractivity contribution in [2.75, 3.05) is 18.5 Å². The van der Waals surface area contributed by atoms with Gasteiger partial charge in [-0.1, -0.05) is 36.4 Å². The van der Waals surface area contributed by atoms with E-state index in [0.29, 0.717) is 21.4 Å². The number of hydrogen-bond acceptors (Lipinski definition) is 5. The van der Waals surface area contributed by atoms with E-state index >= 15 is 0 Å². The molecule has 6 nitrogen and oxygen atoms in total. The Kier molecular flexibility index (Phi) is 5.36. The van der Waals surface area contributed by atoms with Gasteiger partial charge in [-0.05, 0) is 23.6 Å². The topological polar surface area (TPSA) is 80.6 Å². The summed E-state index contributed by atoms with van der Waals surface area (Å²) in [4.78, 5) is 28.6. The molecule has 1 heterocycles. The van der Waals surface area contributed by atoms with Crippen LogP contribution in [0.5, 0.6) is 0 Å². The van der Waals surface area contributed by atoms with E-state index in [0.717, 1.165) is 0 Å². The molecule has 9 heteroatoms. The minimum absolute atomic E-state index is 0.00627. The standard InChI is InChI=1S/C19H15F3N2O4/c20-19(21,22)18(27)28-24-16(12-4-2-1-3-5-12)10-13-6-7-14(23-8-9-25)11-15(13)17(24)26/h1-7,10-11,23,25H,8-9H2. The van der Waals surface area contributed by atoms with Crippen molar-refractivity contribution in [1.82, 2.24) is 4.73 Å². The van der Waals surface area contributed by atoms with E-state index < -0.39 is 17.7 Å². The highest BCUT2D eigenvalue weighted by atomic mass is 19.4. The van der Waals surface area contributed by atoms with Crippen LogP contribution in [0.25, 0.3) is 22.0 Å². The van der Waals surface area contributed by atoms with Crippen LogP contribution in [0.1, 0.15) is 0 Å². The zero-order chi connectivity index (χ0) is 20.3. The molecule has 3 rings (SSSR count). The predicted molar refractivity (Wildman–Crippen MR) is 96.9 cm³/mol. The third-order valence-electron chi connectivity index (χ3n) is 3.90. The second-order valence-electron chi connectivity index (χ2n) is 5.82. The number of anilines is 1. The number of hydrogen-bond donors (Lipinski definition) is 2. The van der Waals surface area contributed by atoms with Crippen molar-refractivity contribution in [3.63, 3.8) is 0 Å². The Morgan fingerprint density at radius 3 is 2.46 bits per heavy atom. The number of nitrogens with one attached hydrogen (secondary N) is 1. The van der Waals surface area contributed by atoms with E-state index in [1.165, 1.54) is 12.1 Å². The summed E-state index contributed by atoms with van der Waals surface area (Å²) >= 11 is 0. The Labute approximate surface area is 156 Å². The number of pyridine rings is 1. The maximum absolute atomic E-state index is 12.9. The number of aromatic nitrogens is 1. The first-order valence-electron chi connectivity index (χ1n) is 8.20. The molecule has 2 aromatic carbocycles. The highest BCUT2D eigenvalue weighted by Gasteiger charge is 2.42. The van der Waals surface area contributed by atoms with E-state index in [-0.39, 0.29) is 24.2 Å². The zero-order valence-corrected chi connectivity index (χ0v) is 14.4. The van der Waals surface area contributed by atoms with Gasteiger partial charge in [0.2, 0.25) is 0 Å². The largest absolute Gasteiger partial charge is 0.493 e. The lowest BCUT2D eigenvalue weighted by Crippen LogP contribution is -2.39. The van der Waals surface area contributed by atoms with E-state index in [9.17, 15) is 22.8 Å². The lowest BCUT2D eigenvalue weighted by Gasteiger charge is -2.15. The first kappa shape index (κ1) is 19.4. The number of halogens is 3. The van der Waals surface area contributed by atoms with Crippen molar-refractivity contribution in [3.05, 3.63) is 65.0 Å². The first-order valence-corrected chi connectivity index (χ1v) is 8.20. The zero-order valence-electron chi connectivity index (χ0n) is 14.4. The molecule has 0 spiro atoms. The molecule has 0 fully saturated rings. The summed E-state index contributed by atoms with van der Waals surface area (Å²) in [5, 5.41) is 12.3. The van der Waals surface area contributed by atoms with Crippen LogP contribution in [-0.4, -0.2) is 35.1 Å². The average Bonchev–Trinajstić information content (AvgIpc) is 2.68. The highest BCUT2D eigenvalue weighted by molar-refractivity contribution is 5.88. The fourth-order valence-electron chi connectivity index (χ4n) is 2.64. The fraction of sp³-hybridized carbons (Fsp3) is 0.158. The van der Waals surface area contributed by atoms with E-state index in [4.69, 9.17) is 5.11 Å². The first-order chi connectivity index (χ1) is 13.3. The van der Waals surface area contributed by atoms with Gasteiger partial charge in [0.1, 0.15) is 0 Å². The van der Waals surface area contributed by atoms with Crippen LogP contribution in [0.3, 0.4) is 0 Å². The van der Waals surface area contributed by atoms with Crippen LogP contribution >= 0.6 is 0 Å². The molecule has 0 atom stereocenters. The quantitative estimate of drug-likeness (QED) is 0.698.